The van der Waals surface area contributed by atoms with E-state index in [1.54, 1.807) is 0 Å². The van der Waals surface area contributed by atoms with Crippen LogP contribution in [0, 0.1) is 0 Å². The number of aromatic amines is 1. The van der Waals surface area contributed by atoms with Gasteiger partial charge in [0.15, 0.2) is 0 Å². The fourth-order valence-electron chi connectivity index (χ4n) is 2.29. The number of halogens is 1. The van der Waals surface area contributed by atoms with Crippen LogP contribution in [0.4, 0.5) is 0 Å². The van der Waals surface area contributed by atoms with Gasteiger partial charge in [-0.15, -0.1) is 0 Å². The van der Waals surface area contributed by atoms with E-state index >= 15 is 0 Å². The van der Waals surface area contributed by atoms with Crippen molar-refractivity contribution < 1.29 is 0 Å². The van der Waals surface area contributed by atoms with E-state index in [0.29, 0.717) is 6.04 Å². The van der Waals surface area contributed by atoms with Gasteiger partial charge in [0, 0.05) is 23.1 Å². The van der Waals surface area contributed by atoms with Crippen molar-refractivity contribution in [2.75, 3.05) is 6.54 Å². The van der Waals surface area contributed by atoms with Crippen LogP contribution in [0.15, 0.2) is 24.4 Å². The lowest BCUT2D eigenvalue weighted by molar-refractivity contribution is 0.648. The van der Waals surface area contributed by atoms with Crippen LogP contribution >= 0.6 is 11.6 Å². The molecule has 1 aromatic heterocycles. The molecule has 1 atom stereocenters. The Labute approximate surface area is 93.6 Å². The van der Waals surface area contributed by atoms with Crippen LogP contribution in [-0.4, -0.2) is 11.5 Å². The molecule has 0 spiro atoms. The molecular weight excluding hydrogens is 208 g/mol. The third kappa shape index (κ3) is 1.54. The maximum atomic E-state index is 6.10. The Hall–Kier alpha value is -0.990. The highest BCUT2D eigenvalue weighted by molar-refractivity contribution is 6.35. The number of benzene rings is 1. The highest BCUT2D eigenvalue weighted by Crippen LogP contribution is 2.29. The maximum absolute atomic E-state index is 6.10. The molecule has 2 heterocycles. The molecular formula is C12H13ClN2. The van der Waals surface area contributed by atoms with E-state index < -0.39 is 0 Å². The van der Waals surface area contributed by atoms with Gasteiger partial charge in [0.05, 0.1) is 5.02 Å². The molecule has 1 aliphatic rings. The lowest BCUT2D eigenvalue weighted by Crippen LogP contribution is -2.12. The summed E-state index contributed by atoms with van der Waals surface area (Å²) in [6.45, 7) is 1.13. The molecule has 1 unspecified atom stereocenters. The summed E-state index contributed by atoms with van der Waals surface area (Å²) in [5.41, 5.74) is 2.46. The highest BCUT2D eigenvalue weighted by atomic mass is 35.5. The Kier molecular flexibility index (Phi) is 2.19. The molecule has 15 heavy (non-hydrogen) atoms. The van der Waals surface area contributed by atoms with Crippen LogP contribution in [0.3, 0.4) is 0 Å². The van der Waals surface area contributed by atoms with E-state index in [9.17, 15) is 0 Å². The monoisotopic (exact) mass is 220 g/mol. The Balaban J connectivity index is 2.08. The van der Waals surface area contributed by atoms with Gasteiger partial charge in [0.25, 0.3) is 0 Å². The molecule has 0 amide bonds. The van der Waals surface area contributed by atoms with E-state index in [2.05, 4.69) is 28.5 Å². The minimum atomic E-state index is 0.514. The first-order valence-corrected chi connectivity index (χ1v) is 5.72. The zero-order chi connectivity index (χ0) is 10.3. The molecule has 0 aliphatic carbocycles. The number of hydrogen-bond donors (Lipinski definition) is 2. The quantitative estimate of drug-likeness (QED) is 0.759. The highest BCUT2D eigenvalue weighted by Gasteiger charge is 2.16. The van der Waals surface area contributed by atoms with Crippen molar-refractivity contribution >= 4 is 22.5 Å². The van der Waals surface area contributed by atoms with Gasteiger partial charge in [0.2, 0.25) is 0 Å². The fourth-order valence-corrected chi connectivity index (χ4v) is 2.50. The molecule has 1 aromatic carbocycles. The summed E-state index contributed by atoms with van der Waals surface area (Å²) in [6.07, 6.45) is 4.34. The first-order chi connectivity index (χ1) is 7.34. The Morgan fingerprint density at radius 1 is 1.33 bits per heavy atom. The molecule has 3 heteroatoms. The third-order valence-corrected chi connectivity index (χ3v) is 3.43. The maximum Gasteiger partial charge on any atom is 0.0659 e. The van der Waals surface area contributed by atoms with Gasteiger partial charge < -0.3 is 10.3 Å². The second kappa shape index (κ2) is 3.54. The first kappa shape index (κ1) is 9.25. The van der Waals surface area contributed by atoms with Crippen LogP contribution in [0.1, 0.15) is 24.4 Å². The van der Waals surface area contributed by atoms with Crippen LogP contribution < -0.4 is 5.32 Å². The zero-order valence-electron chi connectivity index (χ0n) is 8.39. The van der Waals surface area contributed by atoms with E-state index in [1.165, 1.54) is 18.4 Å². The van der Waals surface area contributed by atoms with Crippen molar-refractivity contribution in [3.63, 3.8) is 0 Å². The molecule has 2 aromatic rings. The van der Waals surface area contributed by atoms with Gasteiger partial charge in [-0.05, 0) is 37.1 Å². The summed E-state index contributed by atoms with van der Waals surface area (Å²) in [6, 6.07) is 6.99. The Morgan fingerprint density at radius 3 is 3.07 bits per heavy atom. The van der Waals surface area contributed by atoms with Crippen LogP contribution in [-0.2, 0) is 0 Å². The topological polar surface area (TPSA) is 27.8 Å². The van der Waals surface area contributed by atoms with E-state index in [-0.39, 0.29) is 0 Å². The van der Waals surface area contributed by atoms with Crippen molar-refractivity contribution in [1.29, 1.82) is 0 Å². The molecule has 0 bridgehead atoms. The van der Waals surface area contributed by atoms with Crippen LogP contribution in [0.25, 0.3) is 10.9 Å². The second-order valence-electron chi connectivity index (χ2n) is 4.09. The van der Waals surface area contributed by atoms with E-state index in [1.807, 2.05) is 6.20 Å². The third-order valence-electron chi connectivity index (χ3n) is 3.12. The number of aromatic nitrogens is 1. The average Bonchev–Trinajstić information content (AvgIpc) is 2.88. The second-order valence-corrected chi connectivity index (χ2v) is 4.50. The van der Waals surface area contributed by atoms with Gasteiger partial charge in [-0.25, -0.2) is 0 Å². The molecule has 2 nitrogen and oxygen atoms in total. The smallest absolute Gasteiger partial charge is 0.0659 e. The molecule has 1 saturated heterocycles. The SMILES string of the molecule is Clc1c[nH]c2ccc(C3CCCN3)cc12. The van der Waals surface area contributed by atoms with Gasteiger partial charge in [-0.3, -0.25) is 0 Å². The van der Waals surface area contributed by atoms with Gasteiger partial charge in [0.1, 0.15) is 0 Å². The molecule has 0 saturated carbocycles. The Bertz CT molecular complexity index is 483. The van der Waals surface area contributed by atoms with Crippen molar-refractivity contribution in [2.45, 2.75) is 18.9 Å². The number of rotatable bonds is 1. The lowest BCUT2D eigenvalue weighted by atomic mass is 10.0. The molecule has 2 N–H and O–H groups in total. The van der Waals surface area contributed by atoms with Crippen LogP contribution in [0.2, 0.25) is 5.02 Å². The summed E-state index contributed by atoms with van der Waals surface area (Å²) in [5.74, 6) is 0. The minimum Gasteiger partial charge on any atom is -0.360 e. The van der Waals surface area contributed by atoms with Gasteiger partial charge >= 0.3 is 0 Å². The molecule has 1 aliphatic heterocycles. The zero-order valence-corrected chi connectivity index (χ0v) is 9.14. The number of fused-ring (bicyclic) bond motifs is 1. The average molecular weight is 221 g/mol. The molecule has 1 fully saturated rings. The fraction of sp³-hybridized carbons (Fsp3) is 0.333. The molecule has 3 rings (SSSR count). The standard InChI is InChI=1S/C12H13ClN2/c13-10-7-15-12-4-3-8(6-9(10)12)11-2-1-5-14-11/h3-4,6-7,11,14-15H,1-2,5H2. The van der Waals surface area contributed by atoms with Crippen LogP contribution in [0.5, 0.6) is 0 Å². The number of nitrogens with one attached hydrogen (secondary N) is 2. The summed E-state index contributed by atoms with van der Waals surface area (Å²) < 4.78 is 0. The van der Waals surface area contributed by atoms with E-state index in [4.69, 9.17) is 11.6 Å². The molecule has 78 valence electrons. The summed E-state index contributed by atoms with van der Waals surface area (Å²) in [4.78, 5) is 3.15. The summed E-state index contributed by atoms with van der Waals surface area (Å²) in [5, 5.41) is 5.43. The molecule has 0 radical (unpaired) electrons. The predicted octanol–water partition coefficient (Wildman–Crippen LogP) is 3.25. The van der Waals surface area contributed by atoms with Crippen molar-refractivity contribution in [3.8, 4) is 0 Å². The van der Waals surface area contributed by atoms with Gasteiger partial charge in [-0.1, -0.05) is 17.7 Å². The van der Waals surface area contributed by atoms with Crippen molar-refractivity contribution in [2.24, 2.45) is 0 Å². The van der Waals surface area contributed by atoms with Crippen molar-refractivity contribution in [3.05, 3.63) is 35.0 Å². The number of H-pyrrole nitrogens is 1. The van der Waals surface area contributed by atoms with E-state index in [0.717, 1.165) is 22.5 Å². The summed E-state index contributed by atoms with van der Waals surface area (Å²) in [7, 11) is 0. The summed E-state index contributed by atoms with van der Waals surface area (Å²) >= 11 is 6.10. The predicted molar refractivity (Wildman–Crippen MR) is 63.3 cm³/mol. The largest absolute Gasteiger partial charge is 0.360 e. The van der Waals surface area contributed by atoms with Crippen molar-refractivity contribution in [1.82, 2.24) is 10.3 Å². The van der Waals surface area contributed by atoms with Gasteiger partial charge in [-0.2, -0.15) is 0 Å². The Morgan fingerprint density at radius 2 is 2.27 bits per heavy atom. The minimum absolute atomic E-state index is 0.514. The normalized spacial score (nSPS) is 21.3. The first-order valence-electron chi connectivity index (χ1n) is 5.34. The number of hydrogen-bond acceptors (Lipinski definition) is 1. The lowest BCUT2D eigenvalue weighted by Gasteiger charge is -2.10.